The van der Waals surface area contributed by atoms with Crippen LogP contribution in [0.25, 0.3) is 0 Å². The first-order valence-corrected chi connectivity index (χ1v) is 10.0. The summed E-state index contributed by atoms with van der Waals surface area (Å²) in [5, 5.41) is 0. The number of allylic oxidation sites excluding steroid dienone is 1. The monoisotopic (exact) mass is 398 g/mol. The van der Waals surface area contributed by atoms with Crippen LogP contribution in [0.2, 0.25) is 0 Å². The fourth-order valence-electron chi connectivity index (χ4n) is 3.33. The van der Waals surface area contributed by atoms with Gasteiger partial charge in [-0.05, 0) is 25.7 Å². The van der Waals surface area contributed by atoms with E-state index in [0.717, 1.165) is 6.42 Å². The minimum atomic E-state index is 0. The van der Waals surface area contributed by atoms with Crippen LogP contribution in [0.5, 0.6) is 0 Å². The minimum absolute atomic E-state index is 0. The summed E-state index contributed by atoms with van der Waals surface area (Å²) >= 11 is 0. The van der Waals surface area contributed by atoms with Crippen LogP contribution in [-0.2, 0) is 0 Å². The Morgan fingerprint density at radius 3 is 2.00 bits per heavy atom. The predicted molar refractivity (Wildman–Crippen MR) is 101 cm³/mol. The molecule has 0 aliphatic heterocycles. The summed E-state index contributed by atoms with van der Waals surface area (Å²) in [6.45, 7) is 6.15. The van der Waals surface area contributed by atoms with E-state index in [4.69, 9.17) is 0 Å². The van der Waals surface area contributed by atoms with Crippen molar-refractivity contribution in [3.8, 4) is 0 Å². The molecule has 140 valence electrons. The van der Waals surface area contributed by atoms with E-state index in [1.807, 2.05) is 12.3 Å². The molecule has 1 aromatic heterocycles. The van der Waals surface area contributed by atoms with Gasteiger partial charge in [0, 0.05) is 0 Å². The summed E-state index contributed by atoms with van der Waals surface area (Å²) in [7, 11) is 0. The Morgan fingerprint density at radius 2 is 1.50 bits per heavy atom. The molecular formula is C21H39BrN2. The molecule has 2 nitrogen and oxygen atoms in total. The maximum absolute atomic E-state index is 3.86. The van der Waals surface area contributed by atoms with Crippen molar-refractivity contribution in [3.05, 3.63) is 31.4 Å². The standard InChI is InChI=1S/C21H38N2.BrH/c1-3-5-7-8-9-10-11-12-13-14-15-17-21(16-6-4-2)23-19-18-22-20-23;/h4,18-21H,2-3,5-17H2,1H3;1H. The molecule has 0 fully saturated rings. The lowest BCUT2D eigenvalue weighted by Gasteiger charge is -2.12. The largest absolute Gasteiger partial charge is 1.00 e. The summed E-state index contributed by atoms with van der Waals surface area (Å²) in [6, 6.07) is 0.637. The average Bonchev–Trinajstić information content (AvgIpc) is 3.09. The average molecular weight is 399 g/mol. The predicted octanol–water partition coefficient (Wildman–Crippen LogP) is 3.51. The molecule has 1 unspecified atom stereocenters. The highest BCUT2D eigenvalue weighted by atomic mass is 79.9. The van der Waals surface area contributed by atoms with Crippen LogP contribution in [0.1, 0.15) is 103 Å². The van der Waals surface area contributed by atoms with Crippen LogP contribution in [-0.4, -0.2) is 4.98 Å². The van der Waals surface area contributed by atoms with Crippen molar-refractivity contribution in [1.82, 2.24) is 4.98 Å². The van der Waals surface area contributed by atoms with Gasteiger partial charge in [0.15, 0.2) is 0 Å². The molecule has 1 aromatic rings. The molecule has 1 atom stereocenters. The van der Waals surface area contributed by atoms with Crippen LogP contribution in [0.3, 0.4) is 0 Å². The molecule has 0 saturated carbocycles. The van der Waals surface area contributed by atoms with Crippen molar-refractivity contribution in [3.63, 3.8) is 0 Å². The smallest absolute Gasteiger partial charge is 0.241 e. The molecule has 1 heterocycles. The quantitative estimate of drug-likeness (QED) is 0.249. The van der Waals surface area contributed by atoms with E-state index < -0.39 is 0 Å². The van der Waals surface area contributed by atoms with Gasteiger partial charge >= 0.3 is 0 Å². The zero-order chi connectivity index (χ0) is 16.6. The van der Waals surface area contributed by atoms with E-state index in [2.05, 4.69) is 35.6 Å². The van der Waals surface area contributed by atoms with E-state index >= 15 is 0 Å². The van der Waals surface area contributed by atoms with Gasteiger partial charge in [0.2, 0.25) is 6.33 Å². The molecular weight excluding hydrogens is 360 g/mol. The molecule has 0 aromatic carbocycles. The number of hydrogen-bond donors (Lipinski definition) is 1. The number of H-pyrrole nitrogens is 1. The Hall–Kier alpha value is -0.570. The summed E-state index contributed by atoms with van der Waals surface area (Å²) in [5.41, 5.74) is 0. The lowest BCUT2D eigenvalue weighted by molar-refractivity contribution is -0.723. The summed E-state index contributed by atoms with van der Waals surface area (Å²) in [5.74, 6) is 0. The molecule has 24 heavy (non-hydrogen) atoms. The normalized spacial score (nSPS) is 11.9. The summed E-state index contributed by atoms with van der Waals surface area (Å²) < 4.78 is 2.33. The minimum Gasteiger partial charge on any atom is -1.00 e. The van der Waals surface area contributed by atoms with E-state index in [0.29, 0.717) is 6.04 Å². The topological polar surface area (TPSA) is 19.7 Å². The van der Waals surface area contributed by atoms with Gasteiger partial charge in [0.25, 0.3) is 0 Å². The number of nitrogens with zero attached hydrogens (tertiary/aromatic N) is 1. The highest BCUT2D eigenvalue weighted by Crippen LogP contribution is 2.17. The van der Waals surface area contributed by atoms with E-state index in [1.54, 1.807) is 0 Å². The molecule has 0 aliphatic carbocycles. The number of hydrogen-bond acceptors (Lipinski definition) is 0. The second kappa shape index (κ2) is 17.3. The zero-order valence-corrected chi connectivity index (χ0v) is 17.4. The molecule has 1 N–H and O–H groups in total. The van der Waals surface area contributed by atoms with Crippen molar-refractivity contribution in [2.24, 2.45) is 0 Å². The van der Waals surface area contributed by atoms with Crippen molar-refractivity contribution < 1.29 is 21.5 Å². The number of unbranched alkanes of at least 4 members (excludes halogenated alkanes) is 10. The van der Waals surface area contributed by atoms with E-state index in [9.17, 15) is 0 Å². The Balaban J connectivity index is 0.00000529. The lowest BCUT2D eigenvalue weighted by Crippen LogP contribution is -3.00. The van der Waals surface area contributed by atoms with Crippen LogP contribution >= 0.6 is 0 Å². The van der Waals surface area contributed by atoms with Crippen LogP contribution < -0.4 is 21.5 Å². The van der Waals surface area contributed by atoms with Gasteiger partial charge in [-0.15, -0.1) is 6.58 Å². The zero-order valence-electron chi connectivity index (χ0n) is 15.8. The Morgan fingerprint density at radius 1 is 0.917 bits per heavy atom. The van der Waals surface area contributed by atoms with Gasteiger partial charge in [0.05, 0.1) is 0 Å². The number of aromatic amines is 1. The molecule has 0 saturated heterocycles. The summed E-state index contributed by atoms with van der Waals surface area (Å²) in [4.78, 5) is 3.17. The SMILES string of the molecule is C=CCCC(CCCCCCCCCCCCC)[n+]1cc[nH]c1.[Br-]. The van der Waals surface area contributed by atoms with Crippen LogP contribution in [0, 0.1) is 0 Å². The lowest BCUT2D eigenvalue weighted by atomic mass is 10.0. The molecule has 0 radical (unpaired) electrons. The molecule has 0 spiro atoms. The van der Waals surface area contributed by atoms with Gasteiger partial charge in [-0.1, -0.05) is 77.2 Å². The second-order valence-corrected chi connectivity index (χ2v) is 6.90. The number of nitrogens with one attached hydrogen (secondary N) is 1. The molecule has 0 bridgehead atoms. The van der Waals surface area contributed by atoms with Gasteiger partial charge in [-0.25, -0.2) is 4.57 Å². The molecule has 0 aliphatic rings. The molecule has 3 heteroatoms. The van der Waals surface area contributed by atoms with E-state index in [-0.39, 0.29) is 17.0 Å². The third-order valence-electron chi connectivity index (χ3n) is 4.83. The number of imidazole rings is 1. The number of aromatic nitrogens is 2. The molecule has 1 rings (SSSR count). The van der Waals surface area contributed by atoms with Gasteiger partial charge in [-0.2, -0.15) is 0 Å². The maximum Gasteiger partial charge on any atom is 0.241 e. The van der Waals surface area contributed by atoms with Gasteiger partial charge in [-0.3, -0.25) is 4.98 Å². The third kappa shape index (κ3) is 11.9. The summed E-state index contributed by atoms with van der Waals surface area (Å²) in [6.07, 6.45) is 27.5. The van der Waals surface area contributed by atoms with Gasteiger partial charge < -0.3 is 17.0 Å². The van der Waals surface area contributed by atoms with Crippen LogP contribution in [0.15, 0.2) is 31.4 Å². The van der Waals surface area contributed by atoms with Crippen molar-refractivity contribution in [1.29, 1.82) is 0 Å². The fraction of sp³-hybridized carbons (Fsp3) is 0.762. The second-order valence-electron chi connectivity index (χ2n) is 6.90. The number of halogens is 1. The number of rotatable bonds is 16. The van der Waals surface area contributed by atoms with Crippen LogP contribution in [0.4, 0.5) is 0 Å². The first kappa shape index (κ1) is 23.4. The first-order chi connectivity index (χ1) is 11.4. The Bertz CT molecular complexity index is 362. The van der Waals surface area contributed by atoms with E-state index in [1.165, 1.54) is 83.5 Å². The third-order valence-corrected chi connectivity index (χ3v) is 4.83. The highest BCUT2D eigenvalue weighted by molar-refractivity contribution is 4.69. The maximum atomic E-state index is 3.86. The Kier molecular flexibility index (Phi) is 16.8. The van der Waals surface area contributed by atoms with Gasteiger partial charge in [0.1, 0.15) is 18.4 Å². The molecule has 0 amide bonds. The first-order valence-electron chi connectivity index (χ1n) is 10.0. The Labute approximate surface area is 160 Å². The van der Waals surface area contributed by atoms with Crippen molar-refractivity contribution in [2.45, 2.75) is 103 Å². The van der Waals surface area contributed by atoms with Crippen molar-refractivity contribution in [2.75, 3.05) is 0 Å². The fourth-order valence-corrected chi connectivity index (χ4v) is 3.33. The highest BCUT2D eigenvalue weighted by Gasteiger charge is 2.13. The van der Waals surface area contributed by atoms with Crippen molar-refractivity contribution >= 4 is 0 Å².